The highest BCUT2D eigenvalue weighted by Crippen LogP contribution is 2.38. The monoisotopic (exact) mass is 395 g/mol. The Hall–Kier alpha value is -3.16. The Morgan fingerprint density at radius 3 is 2.34 bits per heavy atom. The van der Waals surface area contributed by atoms with Crippen LogP contribution in [0, 0.1) is 6.92 Å². The molecule has 2 aromatic rings. The van der Waals surface area contributed by atoms with Crippen LogP contribution in [0.3, 0.4) is 0 Å². The first-order valence-corrected chi connectivity index (χ1v) is 9.77. The van der Waals surface area contributed by atoms with E-state index in [-0.39, 0.29) is 17.8 Å². The van der Waals surface area contributed by atoms with Gasteiger partial charge in [0.2, 0.25) is 0 Å². The zero-order valence-electron chi connectivity index (χ0n) is 17.0. The number of likely N-dealkylation sites (N-methyl/N-ethyl adjacent to an activating group) is 1. The number of nitrogens with zero attached hydrogens (tertiary/aromatic N) is 5. The Morgan fingerprint density at radius 2 is 1.76 bits per heavy atom. The molecule has 2 fully saturated rings. The van der Waals surface area contributed by atoms with Crippen molar-refractivity contribution in [1.29, 1.82) is 0 Å². The number of aryl methyl sites for hydroxylation is 2. The van der Waals surface area contributed by atoms with Crippen molar-refractivity contribution in [2.45, 2.75) is 31.8 Å². The number of piperidine rings is 1. The molecule has 8 heteroatoms. The maximum absolute atomic E-state index is 13.0. The molecule has 1 aromatic heterocycles. The Bertz CT molecular complexity index is 940. The summed E-state index contributed by atoms with van der Waals surface area (Å²) in [6.07, 6.45) is 0.846. The van der Waals surface area contributed by atoms with E-state index in [4.69, 9.17) is 0 Å². The van der Waals surface area contributed by atoms with Gasteiger partial charge in [-0.3, -0.25) is 19.2 Å². The Labute approximate surface area is 169 Å². The summed E-state index contributed by atoms with van der Waals surface area (Å²) in [6, 6.07) is 11.2. The van der Waals surface area contributed by atoms with Gasteiger partial charge < -0.3 is 9.80 Å². The molecular formula is C21H25N5O3. The van der Waals surface area contributed by atoms with E-state index in [0.717, 1.165) is 11.3 Å². The quantitative estimate of drug-likeness (QED) is 0.743. The van der Waals surface area contributed by atoms with Crippen LogP contribution in [0.5, 0.6) is 0 Å². The number of amides is 4. The van der Waals surface area contributed by atoms with Gasteiger partial charge in [-0.05, 0) is 31.4 Å². The van der Waals surface area contributed by atoms with Crippen LogP contribution in [0.4, 0.5) is 4.79 Å². The number of hydrogen-bond donors (Lipinski definition) is 0. The molecule has 1 spiro atoms. The molecule has 0 aliphatic carbocycles. The van der Waals surface area contributed by atoms with Crippen molar-refractivity contribution < 1.29 is 14.4 Å². The molecule has 0 unspecified atom stereocenters. The summed E-state index contributed by atoms with van der Waals surface area (Å²) >= 11 is 0. The molecule has 2 aliphatic rings. The van der Waals surface area contributed by atoms with Crippen molar-refractivity contribution in [3.63, 3.8) is 0 Å². The third kappa shape index (κ3) is 3.08. The fourth-order valence-corrected chi connectivity index (χ4v) is 4.25. The fraction of sp³-hybridized carbons (Fsp3) is 0.429. The number of carbonyl (C=O) groups is 3. The second-order valence-corrected chi connectivity index (χ2v) is 7.84. The molecule has 2 aliphatic heterocycles. The van der Waals surface area contributed by atoms with Crippen molar-refractivity contribution in [2.75, 3.05) is 20.1 Å². The lowest BCUT2D eigenvalue weighted by Gasteiger charge is -2.42. The van der Waals surface area contributed by atoms with E-state index < -0.39 is 5.54 Å². The molecule has 4 amide bonds. The zero-order chi connectivity index (χ0) is 20.8. The van der Waals surface area contributed by atoms with Gasteiger partial charge in [0.05, 0.1) is 0 Å². The van der Waals surface area contributed by atoms with E-state index in [2.05, 4.69) is 5.10 Å². The standard InChI is InChI=1S/C21H25N5O3/c1-15-13-17(22-24(15)3)18(27)25-11-9-21(10-12-25)19(28)23(2)20(29)26(21)14-16-7-5-4-6-8-16/h4-8,13H,9-12,14H2,1-3H3. The van der Waals surface area contributed by atoms with Gasteiger partial charge in [0.1, 0.15) is 5.54 Å². The summed E-state index contributed by atoms with van der Waals surface area (Å²) in [5, 5.41) is 4.27. The second kappa shape index (κ2) is 7.02. The molecule has 29 heavy (non-hydrogen) atoms. The summed E-state index contributed by atoms with van der Waals surface area (Å²) in [5.74, 6) is -0.317. The molecule has 0 N–H and O–H groups in total. The molecular weight excluding hydrogens is 370 g/mol. The van der Waals surface area contributed by atoms with Crippen LogP contribution in [-0.2, 0) is 18.4 Å². The first-order chi connectivity index (χ1) is 13.8. The maximum atomic E-state index is 13.0. The largest absolute Gasteiger partial charge is 0.337 e. The van der Waals surface area contributed by atoms with Crippen LogP contribution in [0.15, 0.2) is 36.4 Å². The van der Waals surface area contributed by atoms with E-state index in [1.807, 2.05) is 37.3 Å². The number of likely N-dealkylation sites (tertiary alicyclic amines) is 1. The smallest absolute Gasteiger partial charge is 0.327 e. The average molecular weight is 395 g/mol. The van der Waals surface area contributed by atoms with Gasteiger partial charge in [-0.15, -0.1) is 0 Å². The van der Waals surface area contributed by atoms with E-state index in [1.54, 1.807) is 27.6 Å². The average Bonchev–Trinajstić information content (AvgIpc) is 3.15. The molecule has 3 heterocycles. The molecule has 2 saturated heterocycles. The van der Waals surface area contributed by atoms with Gasteiger partial charge in [0.25, 0.3) is 11.8 Å². The fourth-order valence-electron chi connectivity index (χ4n) is 4.25. The number of carbonyl (C=O) groups excluding carboxylic acids is 3. The van der Waals surface area contributed by atoms with Crippen molar-refractivity contribution >= 4 is 17.8 Å². The van der Waals surface area contributed by atoms with Crippen LogP contribution < -0.4 is 0 Å². The second-order valence-electron chi connectivity index (χ2n) is 7.84. The minimum absolute atomic E-state index is 0.136. The summed E-state index contributed by atoms with van der Waals surface area (Å²) in [6.45, 7) is 3.09. The summed E-state index contributed by atoms with van der Waals surface area (Å²) < 4.78 is 1.67. The third-order valence-electron chi connectivity index (χ3n) is 6.13. The minimum Gasteiger partial charge on any atom is -0.337 e. The van der Waals surface area contributed by atoms with Gasteiger partial charge in [-0.25, -0.2) is 4.79 Å². The molecule has 0 saturated carbocycles. The zero-order valence-corrected chi connectivity index (χ0v) is 17.0. The first-order valence-electron chi connectivity index (χ1n) is 9.77. The van der Waals surface area contributed by atoms with E-state index in [1.165, 1.54) is 11.9 Å². The SMILES string of the molecule is Cc1cc(C(=O)N2CCC3(CC2)C(=O)N(C)C(=O)N3Cc2ccccc2)nn1C. The number of urea groups is 1. The highest BCUT2D eigenvalue weighted by molar-refractivity contribution is 6.07. The predicted molar refractivity (Wildman–Crippen MR) is 106 cm³/mol. The summed E-state index contributed by atoms with van der Waals surface area (Å²) in [4.78, 5) is 43.3. The van der Waals surface area contributed by atoms with E-state index in [0.29, 0.717) is 38.2 Å². The molecule has 0 atom stereocenters. The molecule has 0 radical (unpaired) electrons. The Morgan fingerprint density at radius 1 is 1.10 bits per heavy atom. The molecule has 8 nitrogen and oxygen atoms in total. The van der Waals surface area contributed by atoms with Crippen LogP contribution in [0.2, 0.25) is 0 Å². The maximum Gasteiger partial charge on any atom is 0.327 e. The van der Waals surface area contributed by atoms with Gasteiger partial charge >= 0.3 is 6.03 Å². The first kappa shape index (κ1) is 19.2. The molecule has 1 aromatic carbocycles. The normalized spacial score (nSPS) is 18.8. The summed E-state index contributed by atoms with van der Waals surface area (Å²) in [5.41, 5.74) is 1.41. The van der Waals surface area contributed by atoms with E-state index in [9.17, 15) is 14.4 Å². The van der Waals surface area contributed by atoms with Gasteiger partial charge in [0, 0.05) is 39.4 Å². The minimum atomic E-state index is -0.890. The van der Waals surface area contributed by atoms with E-state index >= 15 is 0 Å². The Balaban J connectivity index is 1.54. The van der Waals surface area contributed by atoms with Crippen LogP contribution >= 0.6 is 0 Å². The van der Waals surface area contributed by atoms with Crippen molar-refractivity contribution in [3.05, 3.63) is 53.3 Å². The molecule has 0 bridgehead atoms. The molecule has 152 valence electrons. The van der Waals surface area contributed by atoms with Crippen LogP contribution in [0.25, 0.3) is 0 Å². The highest BCUT2D eigenvalue weighted by atomic mass is 16.2. The van der Waals surface area contributed by atoms with Gasteiger partial charge in [0.15, 0.2) is 5.69 Å². The topological polar surface area (TPSA) is 78.8 Å². The summed E-state index contributed by atoms with van der Waals surface area (Å²) in [7, 11) is 3.34. The number of rotatable bonds is 3. The predicted octanol–water partition coefficient (Wildman–Crippen LogP) is 1.80. The number of benzene rings is 1. The third-order valence-corrected chi connectivity index (χ3v) is 6.13. The van der Waals surface area contributed by atoms with Gasteiger partial charge in [-0.1, -0.05) is 30.3 Å². The number of hydrogen-bond acceptors (Lipinski definition) is 4. The van der Waals surface area contributed by atoms with Crippen molar-refractivity contribution in [2.24, 2.45) is 7.05 Å². The van der Waals surface area contributed by atoms with Crippen LogP contribution in [0.1, 0.15) is 34.6 Å². The van der Waals surface area contributed by atoms with Crippen LogP contribution in [-0.4, -0.2) is 68.0 Å². The number of imide groups is 1. The highest BCUT2D eigenvalue weighted by Gasteiger charge is 2.57. The lowest BCUT2D eigenvalue weighted by atomic mass is 9.85. The van der Waals surface area contributed by atoms with Crippen molar-refractivity contribution in [1.82, 2.24) is 24.5 Å². The molecule has 4 rings (SSSR count). The van der Waals surface area contributed by atoms with Gasteiger partial charge in [-0.2, -0.15) is 5.10 Å². The lowest BCUT2D eigenvalue weighted by molar-refractivity contribution is -0.134. The van der Waals surface area contributed by atoms with Crippen molar-refractivity contribution in [3.8, 4) is 0 Å². The Kier molecular flexibility index (Phi) is 4.64. The number of aromatic nitrogens is 2. The lowest BCUT2D eigenvalue weighted by Crippen LogP contribution is -2.57.